The Kier molecular flexibility index (Phi) is 6.14. The van der Waals surface area contributed by atoms with Crippen molar-refractivity contribution in [3.05, 3.63) is 52.1 Å². The summed E-state index contributed by atoms with van der Waals surface area (Å²) in [5, 5.41) is 12.0. The molecule has 0 saturated heterocycles. The minimum absolute atomic E-state index is 0.348. The van der Waals surface area contributed by atoms with Crippen LogP contribution in [0.3, 0.4) is 0 Å². The molecule has 4 N–H and O–H groups in total. The number of nitrogens with two attached hydrogens (primary N) is 1. The van der Waals surface area contributed by atoms with Gasteiger partial charge >= 0.3 is 0 Å². The lowest BCUT2D eigenvalue weighted by Crippen LogP contribution is -2.33. The summed E-state index contributed by atoms with van der Waals surface area (Å²) in [7, 11) is 0. The summed E-state index contributed by atoms with van der Waals surface area (Å²) in [5.41, 5.74) is 9.61. The quantitative estimate of drug-likeness (QED) is 0.435. The summed E-state index contributed by atoms with van der Waals surface area (Å²) in [4.78, 5) is 5.03. The van der Waals surface area contributed by atoms with Gasteiger partial charge in [0.1, 0.15) is 11.6 Å². The molecule has 5 rings (SSSR count). The first kappa shape index (κ1) is 20.8. The molecule has 0 amide bonds. The maximum atomic E-state index is 6.10. The number of nitrogens with zero attached hydrogens (tertiary/aromatic N) is 3. The van der Waals surface area contributed by atoms with Gasteiger partial charge in [0.05, 0.1) is 6.20 Å². The topological polar surface area (TPSA) is 80.3 Å². The molecule has 2 aliphatic rings. The number of hydrogen-bond acceptors (Lipinski definition) is 5. The number of halogens is 1. The van der Waals surface area contributed by atoms with Crippen LogP contribution >= 0.6 is 15.9 Å². The number of hydrogen-bond donors (Lipinski definition) is 3. The lowest BCUT2D eigenvalue weighted by molar-refractivity contribution is 0.410. The van der Waals surface area contributed by atoms with E-state index in [0.29, 0.717) is 18.0 Å². The third-order valence-electron chi connectivity index (χ3n) is 6.80. The molecule has 0 bridgehead atoms. The molecule has 3 aromatic rings. The Balaban J connectivity index is 1.44. The number of aromatic nitrogens is 3. The highest BCUT2D eigenvalue weighted by molar-refractivity contribution is 9.10. The Morgan fingerprint density at radius 2 is 1.77 bits per heavy atom. The molecule has 2 saturated carbocycles. The summed E-state index contributed by atoms with van der Waals surface area (Å²) in [5.74, 6) is 2.49. The first-order valence-electron chi connectivity index (χ1n) is 11.5. The van der Waals surface area contributed by atoms with E-state index in [4.69, 9.17) is 15.8 Å². The Hall–Kier alpha value is -2.12. The average molecular weight is 483 g/mol. The van der Waals surface area contributed by atoms with Gasteiger partial charge in [0, 0.05) is 34.7 Å². The van der Waals surface area contributed by atoms with Crippen LogP contribution < -0.4 is 16.4 Å². The predicted octanol–water partition coefficient (Wildman–Crippen LogP) is 5.44. The van der Waals surface area contributed by atoms with Crippen molar-refractivity contribution in [3.63, 3.8) is 0 Å². The molecule has 0 aliphatic heterocycles. The standard InChI is InChI=1S/C24H31BrN6/c25-18-7-5-16(6-8-18)14-27-23-13-22(29-20-11-9-19(26)10-12-20)30-24-21(15-28-31(23)24)17-3-1-2-4-17/h5-8,13,15,17,19-20,27H,1-4,9-12,14,26H2,(H,29,30). The van der Waals surface area contributed by atoms with E-state index in [1.807, 2.05) is 10.7 Å². The van der Waals surface area contributed by atoms with Gasteiger partial charge in [0.2, 0.25) is 0 Å². The van der Waals surface area contributed by atoms with Gasteiger partial charge in [0.25, 0.3) is 0 Å². The van der Waals surface area contributed by atoms with Crippen molar-refractivity contribution < 1.29 is 0 Å². The van der Waals surface area contributed by atoms with Crippen molar-refractivity contribution >= 4 is 33.2 Å². The molecular formula is C24H31BrN6. The van der Waals surface area contributed by atoms with Crippen LogP contribution in [-0.2, 0) is 6.54 Å². The van der Waals surface area contributed by atoms with Crippen molar-refractivity contribution in [1.82, 2.24) is 14.6 Å². The zero-order valence-corrected chi connectivity index (χ0v) is 19.4. The molecule has 0 radical (unpaired) electrons. The molecule has 2 aliphatic carbocycles. The van der Waals surface area contributed by atoms with Crippen LogP contribution in [0.1, 0.15) is 68.4 Å². The molecule has 2 fully saturated rings. The fourth-order valence-electron chi connectivity index (χ4n) is 4.97. The summed E-state index contributed by atoms with van der Waals surface area (Å²) < 4.78 is 3.07. The van der Waals surface area contributed by atoms with Crippen LogP contribution in [0.4, 0.5) is 11.6 Å². The van der Waals surface area contributed by atoms with Gasteiger partial charge in [-0.1, -0.05) is 40.9 Å². The molecule has 1 aromatic carbocycles. The molecule has 0 atom stereocenters. The monoisotopic (exact) mass is 482 g/mol. The first-order chi connectivity index (χ1) is 15.2. The Bertz CT molecular complexity index is 1020. The second-order valence-electron chi connectivity index (χ2n) is 9.08. The molecule has 0 unspecified atom stereocenters. The Morgan fingerprint density at radius 1 is 1.03 bits per heavy atom. The molecule has 0 spiro atoms. The van der Waals surface area contributed by atoms with E-state index in [1.165, 1.54) is 36.8 Å². The molecule has 31 heavy (non-hydrogen) atoms. The number of rotatable bonds is 6. The van der Waals surface area contributed by atoms with E-state index >= 15 is 0 Å². The van der Waals surface area contributed by atoms with E-state index in [9.17, 15) is 0 Å². The van der Waals surface area contributed by atoms with Gasteiger partial charge in [0.15, 0.2) is 5.65 Å². The van der Waals surface area contributed by atoms with E-state index in [1.54, 1.807) is 0 Å². The Morgan fingerprint density at radius 3 is 2.52 bits per heavy atom. The summed E-state index contributed by atoms with van der Waals surface area (Å²) in [6.07, 6.45) is 11.5. The fourth-order valence-corrected chi connectivity index (χ4v) is 5.24. The average Bonchev–Trinajstić information content (AvgIpc) is 3.44. The summed E-state index contributed by atoms with van der Waals surface area (Å²) in [6, 6.07) is 11.3. The smallest absolute Gasteiger partial charge is 0.163 e. The van der Waals surface area contributed by atoms with Gasteiger partial charge in [-0.05, 0) is 62.1 Å². The zero-order valence-electron chi connectivity index (χ0n) is 17.9. The summed E-state index contributed by atoms with van der Waals surface area (Å²) >= 11 is 3.51. The maximum absolute atomic E-state index is 6.10. The lowest BCUT2D eigenvalue weighted by Gasteiger charge is -2.27. The highest BCUT2D eigenvalue weighted by Crippen LogP contribution is 2.36. The summed E-state index contributed by atoms with van der Waals surface area (Å²) in [6.45, 7) is 0.739. The van der Waals surface area contributed by atoms with Crippen LogP contribution in [0.2, 0.25) is 0 Å². The predicted molar refractivity (Wildman–Crippen MR) is 130 cm³/mol. The first-order valence-corrected chi connectivity index (χ1v) is 12.3. The number of anilines is 2. The fraction of sp³-hybridized carbons (Fsp3) is 0.500. The van der Waals surface area contributed by atoms with Crippen molar-refractivity contribution in [2.45, 2.75) is 75.9 Å². The minimum atomic E-state index is 0.348. The SMILES string of the molecule is NC1CCC(Nc2cc(NCc3ccc(Br)cc3)n3ncc(C4CCCC4)c3n2)CC1. The maximum Gasteiger partial charge on any atom is 0.163 e. The van der Waals surface area contributed by atoms with E-state index in [-0.39, 0.29) is 0 Å². The third kappa shape index (κ3) is 4.72. The highest BCUT2D eigenvalue weighted by atomic mass is 79.9. The molecule has 7 heteroatoms. The molecule has 2 aromatic heterocycles. The van der Waals surface area contributed by atoms with E-state index < -0.39 is 0 Å². The molecular weight excluding hydrogens is 452 g/mol. The highest BCUT2D eigenvalue weighted by Gasteiger charge is 2.24. The van der Waals surface area contributed by atoms with Gasteiger partial charge in [-0.3, -0.25) is 0 Å². The largest absolute Gasteiger partial charge is 0.367 e. The number of benzene rings is 1. The third-order valence-corrected chi connectivity index (χ3v) is 7.33. The van der Waals surface area contributed by atoms with Crippen LogP contribution in [-0.4, -0.2) is 26.7 Å². The second kappa shape index (κ2) is 9.17. The number of nitrogens with one attached hydrogen (secondary N) is 2. The van der Waals surface area contributed by atoms with Gasteiger partial charge in [-0.15, -0.1) is 0 Å². The Labute approximate surface area is 192 Å². The van der Waals surface area contributed by atoms with Crippen molar-refractivity contribution in [2.24, 2.45) is 5.73 Å². The molecule has 6 nitrogen and oxygen atoms in total. The molecule has 164 valence electrons. The van der Waals surface area contributed by atoms with E-state index in [0.717, 1.165) is 54.0 Å². The van der Waals surface area contributed by atoms with E-state index in [2.05, 4.69) is 56.9 Å². The van der Waals surface area contributed by atoms with Crippen LogP contribution in [0.15, 0.2) is 41.0 Å². The van der Waals surface area contributed by atoms with Crippen LogP contribution in [0, 0.1) is 0 Å². The van der Waals surface area contributed by atoms with Crippen LogP contribution in [0.5, 0.6) is 0 Å². The zero-order chi connectivity index (χ0) is 21.2. The van der Waals surface area contributed by atoms with Crippen molar-refractivity contribution in [3.8, 4) is 0 Å². The lowest BCUT2D eigenvalue weighted by atomic mass is 9.92. The number of fused-ring (bicyclic) bond motifs is 1. The minimum Gasteiger partial charge on any atom is -0.367 e. The molecule has 2 heterocycles. The van der Waals surface area contributed by atoms with Gasteiger partial charge in [-0.2, -0.15) is 9.61 Å². The second-order valence-corrected chi connectivity index (χ2v) is 10.00. The van der Waals surface area contributed by atoms with Crippen molar-refractivity contribution in [1.29, 1.82) is 0 Å². The van der Waals surface area contributed by atoms with Gasteiger partial charge < -0.3 is 16.4 Å². The van der Waals surface area contributed by atoms with Crippen LogP contribution in [0.25, 0.3) is 5.65 Å². The van der Waals surface area contributed by atoms with Crippen molar-refractivity contribution in [2.75, 3.05) is 10.6 Å². The van der Waals surface area contributed by atoms with Gasteiger partial charge in [-0.25, -0.2) is 4.98 Å². The normalized spacial score (nSPS) is 22.1.